The lowest BCUT2D eigenvalue weighted by atomic mass is 9.93. The maximum atomic E-state index is 4.49. The number of anilines is 1. The molecule has 0 spiro atoms. The van der Waals surface area contributed by atoms with Gasteiger partial charge < -0.3 is 10.2 Å². The molecule has 1 saturated heterocycles. The Kier molecular flexibility index (Phi) is 4.69. The van der Waals surface area contributed by atoms with Crippen molar-refractivity contribution in [3.05, 3.63) is 33.7 Å². The number of hydrogen-bond acceptors (Lipinski definition) is 6. The molecule has 0 bridgehead atoms. The maximum absolute atomic E-state index is 4.49. The molecule has 118 valence electrons. The standard InChI is InChI=1S/C16H23N5S/c1-11-15(22-12(2)20-11)9-17-16-8-14(18-10-19-16)13-4-6-21(3)7-5-13/h8,10,13H,4-7,9H2,1-3H3,(H,17,18,19). The lowest BCUT2D eigenvalue weighted by Crippen LogP contribution is -2.29. The summed E-state index contributed by atoms with van der Waals surface area (Å²) in [5.74, 6) is 1.47. The zero-order valence-corrected chi connectivity index (χ0v) is 14.3. The Hall–Kier alpha value is -1.53. The number of likely N-dealkylation sites (tertiary alicyclic amines) is 1. The van der Waals surface area contributed by atoms with Gasteiger partial charge in [0.15, 0.2) is 0 Å². The zero-order valence-electron chi connectivity index (χ0n) is 13.5. The lowest BCUT2D eigenvalue weighted by Gasteiger charge is -2.28. The Labute approximate surface area is 135 Å². The molecule has 6 heteroatoms. The van der Waals surface area contributed by atoms with Crippen LogP contribution in [0.1, 0.15) is 40.0 Å². The minimum atomic E-state index is 0.562. The summed E-state index contributed by atoms with van der Waals surface area (Å²) < 4.78 is 0. The van der Waals surface area contributed by atoms with Crippen molar-refractivity contribution >= 4 is 17.2 Å². The van der Waals surface area contributed by atoms with Gasteiger partial charge in [-0.05, 0) is 46.8 Å². The number of aryl methyl sites for hydroxylation is 2. The molecule has 1 fully saturated rings. The lowest BCUT2D eigenvalue weighted by molar-refractivity contribution is 0.253. The predicted octanol–water partition coefficient (Wildman–Crippen LogP) is 2.97. The molecular weight excluding hydrogens is 294 g/mol. The molecule has 1 aliphatic rings. The molecule has 0 radical (unpaired) electrons. The molecule has 0 aliphatic carbocycles. The normalized spacial score (nSPS) is 16.9. The molecule has 0 saturated carbocycles. The van der Waals surface area contributed by atoms with Crippen molar-refractivity contribution in [1.82, 2.24) is 19.9 Å². The highest BCUT2D eigenvalue weighted by Crippen LogP contribution is 2.27. The van der Waals surface area contributed by atoms with E-state index in [4.69, 9.17) is 0 Å². The average molecular weight is 317 g/mol. The van der Waals surface area contributed by atoms with Gasteiger partial charge in [0, 0.05) is 22.6 Å². The van der Waals surface area contributed by atoms with Crippen molar-refractivity contribution in [2.75, 3.05) is 25.5 Å². The van der Waals surface area contributed by atoms with Gasteiger partial charge in [0.05, 0.1) is 17.2 Å². The van der Waals surface area contributed by atoms with Crippen LogP contribution in [0.5, 0.6) is 0 Å². The summed E-state index contributed by atoms with van der Waals surface area (Å²) in [6.07, 6.45) is 4.04. The third-order valence-corrected chi connectivity index (χ3v) is 5.33. The van der Waals surface area contributed by atoms with Gasteiger partial charge in [0.25, 0.3) is 0 Å². The number of nitrogens with one attached hydrogen (secondary N) is 1. The Morgan fingerprint density at radius 2 is 2.05 bits per heavy atom. The summed E-state index contributed by atoms with van der Waals surface area (Å²) >= 11 is 1.74. The van der Waals surface area contributed by atoms with Crippen LogP contribution in [-0.2, 0) is 6.54 Å². The first kappa shape index (κ1) is 15.4. The van der Waals surface area contributed by atoms with Crippen LogP contribution in [0.4, 0.5) is 5.82 Å². The van der Waals surface area contributed by atoms with E-state index in [1.54, 1.807) is 17.7 Å². The second-order valence-electron chi connectivity index (χ2n) is 6.00. The summed E-state index contributed by atoms with van der Waals surface area (Å²) in [5.41, 5.74) is 2.28. The summed E-state index contributed by atoms with van der Waals surface area (Å²) in [6.45, 7) is 7.18. The molecule has 5 nitrogen and oxygen atoms in total. The minimum absolute atomic E-state index is 0.562. The van der Waals surface area contributed by atoms with Gasteiger partial charge in [-0.15, -0.1) is 11.3 Å². The van der Waals surface area contributed by atoms with E-state index >= 15 is 0 Å². The molecule has 0 unspecified atom stereocenters. The van der Waals surface area contributed by atoms with Gasteiger partial charge in [-0.25, -0.2) is 15.0 Å². The third-order valence-electron chi connectivity index (χ3n) is 4.25. The highest BCUT2D eigenvalue weighted by atomic mass is 32.1. The van der Waals surface area contributed by atoms with Gasteiger partial charge in [0.2, 0.25) is 0 Å². The molecule has 1 N–H and O–H groups in total. The van der Waals surface area contributed by atoms with Crippen LogP contribution >= 0.6 is 11.3 Å². The Morgan fingerprint density at radius 1 is 1.27 bits per heavy atom. The zero-order chi connectivity index (χ0) is 15.5. The second-order valence-corrected chi connectivity index (χ2v) is 7.29. The third kappa shape index (κ3) is 3.62. The Bertz CT molecular complexity index is 631. The summed E-state index contributed by atoms with van der Waals surface area (Å²) in [5, 5.41) is 4.53. The monoisotopic (exact) mass is 317 g/mol. The minimum Gasteiger partial charge on any atom is -0.365 e. The molecule has 2 aromatic rings. The Balaban J connectivity index is 1.65. The molecule has 1 aliphatic heterocycles. The first-order valence-corrected chi connectivity index (χ1v) is 8.60. The molecule has 0 atom stereocenters. The number of thiazole rings is 1. The highest BCUT2D eigenvalue weighted by molar-refractivity contribution is 7.11. The summed E-state index contributed by atoms with van der Waals surface area (Å²) in [6, 6.07) is 2.11. The second kappa shape index (κ2) is 6.71. The van der Waals surface area contributed by atoms with E-state index in [9.17, 15) is 0 Å². The molecule has 2 aromatic heterocycles. The van der Waals surface area contributed by atoms with E-state index in [1.165, 1.54) is 23.4 Å². The number of rotatable bonds is 4. The summed E-state index contributed by atoms with van der Waals surface area (Å²) in [7, 11) is 2.18. The van der Waals surface area contributed by atoms with Crippen molar-refractivity contribution in [1.29, 1.82) is 0 Å². The first-order chi connectivity index (χ1) is 10.6. The van der Waals surface area contributed by atoms with Crippen molar-refractivity contribution in [3.63, 3.8) is 0 Å². The van der Waals surface area contributed by atoms with Crippen LogP contribution in [0.3, 0.4) is 0 Å². The Morgan fingerprint density at radius 3 is 2.73 bits per heavy atom. The van der Waals surface area contributed by atoms with Crippen LogP contribution in [0.2, 0.25) is 0 Å². The number of aromatic nitrogens is 3. The molecule has 0 amide bonds. The molecule has 3 heterocycles. The predicted molar refractivity (Wildman–Crippen MR) is 90.4 cm³/mol. The van der Waals surface area contributed by atoms with E-state index in [0.717, 1.165) is 36.2 Å². The average Bonchev–Trinajstić information content (AvgIpc) is 2.84. The fraction of sp³-hybridized carbons (Fsp3) is 0.562. The van der Waals surface area contributed by atoms with Gasteiger partial charge in [-0.3, -0.25) is 0 Å². The van der Waals surface area contributed by atoms with E-state index in [0.29, 0.717) is 5.92 Å². The largest absolute Gasteiger partial charge is 0.365 e. The summed E-state index contributed by atoms with van der Waals surface area (Å²) in [4.78, 5) is 17.0. The van der Waals surface area contributed by atoms with Gasteiger partial charge in [-0.2, -0.15) is 0 Å². The molecule has 3 rings (SSSR count). The molecule has 22 heavy (non-hydrogen) atoms. The maximum Gasteiger partial charge on any atom is 0.129 e. The van der Waals surface area contributed by atoms with Crippen molar-refractivity contribution < 1.29 is 0 Å². The fourth-order valence-electron chi connectivity index (χ4n) is 2.90. The van der Waals surface area contributed by atoms with Crippen LogP contribution in [0.15, 0.2) is 12.4 Å². The van der Waals surface area contributed by atoms with Crippen LogP contribution in [0, 0.1) is 13.8 Å². The number of piperidine rings is 1. The quantitative estimate of drug-likeness (QED) is 0.939. The van der Waals surface area contributed by atoms with E-state index in [1.807, 2.05) is 6.92 Å². The van der Waals surface area contributed by atoms with Gasteiger partial charge >= 0.3 is 0 Å². The van der Waals surface area contributed by atoms with Crippen LogP contribution < -0.4 is 5.32 Å². The molecular formula is C16H23N5S. The SMILES string of the molecule is Cc1nc(C)c(CNc2cc(C3CCN(C)CC3)ncn2)s1. The van der Waals surface area contributed by atoms with Crippen molar-refractivity contribution in [2.24, 2.45) is 0 Å². The highest BCUT2D eigenvalue weighted by Gasteiger charge is 2.19. The van der Waals surface area contributed by atoms with Crippen LogP contribution in [0.25, 0.3) is 0 Å². The van der Waals surface area contributed by atoms with Crippen LogP contribution in [-0.4, -0.2) is 40.0 Å². The topological polar surface area (TPSA) is 53.9 Å². The van der Waals surface area contributed by atoms with Crippen molar-refractivity contribution in [3.8, 4) is 0 Å². The fourth-order valence-corrected chi connectivity index (χ4v) is 3.78. The van der Waals surface area contributed by atoms with Crippen molar-refractivity contribution in [2.45, 2.75) is 39.2 Å². The first-order valence-electron chi connectivity index (χ1n) is 7.79. The smallest absolute Gasteiger partial charge is 0.129 e. The van der Waals surface area contributed by atoms with E-state index in [2.05, 4.69) is 45.2 Å². The van der Waals surface area contributed by atoms with E-state index in [-0.39, 0.29) is 0 Å². The molecule has 0 aromatic carbocycles. The van der Waals surface area contributed by atoms with Gasteiger partial charge in [0.1, 0.15) is 12.1 Å². The number of nitrogens with zero attached hydrogens (tertiary/aromatic N) is 4. The van der Waals surface area contributed by atoms with E-state index < -0.39 is 0 Å². The number of hydrogen-bond donors (Lipinski definition) is 1. The van der Waals surface area contributed by atoms with Gasteiger partial charge in [-0.1, -0.05) is 0 Å².